The summed E-state index contributed by atoms with van der Waals surface area (Å²) >= 11 is 5.60. The van der Waals surface area contributed by atoms with Crippen LogP contribution in [0.5, 0.6) is 0 Å². The third-order valence-corrected chi connectivity index (χ3v) is 2.98. The van der Waals surface area contributed by atoms with Crippen LogP contribution in [0, 0.1) is 22.9 Å². The Labute approximate surface area is 123 Å². The van der Waals surface area contributed by atoms with Crippen LogP contribution in [-0.2, 0) is 11.3 Å². The standard InChI is InChI=1S/C12H10ClFN4O3/c1-7-15-10(18(20)21)5-17(7)6-11(19)16-9-4-2-3-8(13)12(9)14/h2-5H,6H2,1H3,(H,16,19). The lowest BCUT2D eigenvalue weighted by Crippen LogP contribution is -2.19. The number of imidazole rings is 1. The van der Waals surface area contributed by atoms with Crippen molar-refractivity contribution in [3.63, 3.8) is 0 Å². The molecule has 21 heavy (non-hydrogen) atoms. The van der Waals surface area contributed by atoms with Gasteiger partial charge in [0.15, 0.2) is 5.82 Å². The van der Waals surface area contributed by atoms with Gasteiger partial charge in [-0.15, -0.1) is 0 Å². The molecule has 7 nitrogen and oxygen atoms in total. The van der Waals surface area contributed by atoms with Crippen molar-refractivity contribution in [2.45, 2.75) is 13.5 Å². The van der Waals surface area contributed by atoms with Crippen molar-refractivity contribution in [3.05, 3.63) is 51.2 Å². The maximum atomic E-state index is 13.6. The second-order valence-electron chi connectivity index (χ2n) is 4.18. The van der Waals surface area contributed by atoms with E-state index in [1.54, 1.807) is 0 Å². The van der Waals surface area contributed by atoms with Crippen LogP contribution < -0.4 is 5.32 Å². The molecule has 0 atom stereocenters. The fourth-order valence-corrected chi connectivity index (χ4v) is 1.86. The summed E-state index contributed by atoms with van der Waals surface area (Å²) in [7, 11) is 0. The number of nitrogens with one attached hydrogen (secondary N) is 1. The lowest BCUT2D eigenvalue weighted by molar-refractivity contribution is -0.389. The molecule has 1 heterocycles. The number of nitro groups is 1. The summed E-state index contributed by atoms with van der Waals surface area (Å²) in [5.74, 6) is -1.33. The number of rotatable bonds is 4. The number of hydrogen-bond donors (Lipinski definition) is 1. The molecular formula is C12H10ClFN4O3. The first kappa shape index (κ1) is 14.9. The number of hydrogen-bond acceptors (Lipinski definition) is 4. The highest BCUT2D eigenvalue weighted by atomic mass is 35.5. The Morgan fingerprint density at radius 2 is 2.29 bits per heavy atom. The van der Waals surface area contributed by atoms with Gasteiger partial charge in [-0.05, 0) is 22.0 Å². The van der Waals surface area contributed by atoms with Crippen LogP contribution in [-0.4, -0.2) is 20.4 Å². The molecule has 0 saturated carbocycles. The van der Waals surface area contributed by atoms with Gasteiger partial charge in [-0.2, -0.15) is 0 Å². The lowest BCUT2D eigenvalue weighted by atomic mass is 10.3. The number of anilines is 1. The monoisotopic (exact) mass is 312 g/mol. The van der Waals surface area contributed by atoms with Gasteiger partial charge in [0.2, 0.25) is 11.7 Å². The molecule has 110 valence electrons. The number of benzene rings is 1. The van der Waals surface area contributed by atoms with E-state index in [0.29, 0.717) is 5.82 Å². The number of carbonyl (C=O) groups excluding carboxylic acids is 1. The predicted molar refractivity (Wildman–Crippen MR) is 73.7 cm³/mol. The number of amides is 1. The van der Waals surface area contributed by atoms with Crippen LogP contribution in [0.25, 0.3) is 0 Å². The Bertz CT molecular complexity index is 717. The van der Waals surface area contributed by atoms with Crippen LogP contribution in [0.3, 0.4) is 0 Å². The van der Waals surface area contributed by atoms with Gasteiger partial charge in [-0.1, -0.05) is 17.7 Å². The van der Waals surface area contributed by atoms with E-state index in [9.17, 15) is 19.3 Å². The first-order chi connectivity index (χ1) is 9.88. The molecule has 9 heteroatoms. The molecule has 0 bridgehead atoms. The molecule has 0 radical (unpaired) electrons. The molecule has 0 fully saturated rings. The summed E-state index contributed by atoms with van der Waals surface area (Å²) in [6.07, 6.45) is 1.14. The van der Waals surface area contributed by atoms with E-state index in [1.165, 1.54) is 29.7 Å². The van der Waals surface area contributed by atoms with Crippen molar-refractivity contribution in [1.82, 2.24) is 9.55 Å². The van der Waals surface area contributed by atoms with Crippen molar-refractivity contribution in [2.24, 2.45) is 0 Å². The maximum Gasteiger partial charge on any atom is 0.381 e. The van der Waals surface area contributed by atoms with E-state index in [2.05, 4.69) is 10.3 Å². The molecule has 1 aromatic carbocycles. The largest absolute Gasteiger partial charge is 0.381 e. The number of aromatic nitrogens is 2. The summed E-state index contributed by atoms with van der Waals surface area (Å²) in [6.45, 7) is 1.30. The molecule has 1 aromatic heterocycles. The Kier molecular flexibility index (Phi) is 4.18. The summed E-state index contributed by atoms with van der Waals surface area (Å²) in [4.78, 5) is 25.5. The fraction of sp³-hybridized carbons (Fsp3) is 0.167. The van der Waals surface area contributed by atoms with Crippen LogP contribution in [0.15, 0.2) is 24.4 Å². The Morgan fingerprint density at radius 3 is 2.90 bits per heavy atom. The highest BCUT2D eigenvalue weighted by molar-refractivity contribution is 6.31. The normalized spacial score (nSPS) is 10.4. The summed E-state index contributed by atoms with van der Waals surface area (Å²) in [6, 6.07) is 4.21. The molecule has 1 amide bonds. The van der Waals surface area contributed by atoms with Gasteiger partial charge >= 0.3 is 5.82 Å². The Hall–Kier alpha value is -2.48. The molecule has 0 aliphatic heterocycles. The van der Waals surface area contributed by atoms with Crippen LogP contribution in [0.1, 0.15) is 5.82 Å². The number of nitrogens with zero attached hydrogens (tertiary/aromatic N) is 3. The molecule has 2 aromatic rings. The average Bonchev–Trinajstić information content (AvgIpc) is 2.77. The molecule has 2 rings (SSSR count). The van der Waals surface area contributed by atoms with Gasteiger partial charge in [0.1, 0.15) is 12.7 Å². The summed E-state index contributed by atoms with van der Waals surface area (Å²) < 4.78 is 14.9. The van der Waals surface area contributed by atoms with E-state index in [1.807, 2.05) is 0 Å². The smallest absolute Gasteiger partial charge is 0.358 e. The first-order valence-electron chi connectivity index (χ1n) is 5.80. The van der Waals surface area contributed by atoms with E-state index < -0.39 is 16.6 Å². The minimum absolute atomic E-state index is 0.0558. The van der Waals surface area contributed by atoms with Gasteiger partial charge < -0.3 is 15.4 Å². The van der Waals surface area contributed by atoms with Crippen molar-refractivity contribution >= 4 is 29.0 Å². The van der Waals surface area contributed by atoms with Crippen molar-refractivity contribution in [1.29, 1.82) is 0 Å². The SMILES string of the molecule is Cc1nc([N+](=O)[O-])cn1CC(=O)Nc1cccc(Cl)c1F. The van der Waals surface area contributed by atoms with E-state index in [4.69, 9.17) is 11.6 Å². The fourth-order valence-electron chi connectivity index (χ4n) is 1.68. The minimum Gasteiger partial charge on any atom is -0.358 e. The third-order valence-electron chi connectivity index (χ3n) is 2.69. The second-order valence-corrected chi connectivity index (χ2v) is 4.59. The number of carbonyl (C=O) groups is 1. The van der Waals surface area contributed by atoms with Gasteiger partial charge in [-0.25, -0.2) is 4.39 Å². The van der Waals surface area contributed by atoms with Gasteiger partial charge in [0.05, 0.1) is 10.7 Å². The molecular weight excluding hydrogens is 303 g/mol. The lowest BCUT2D eigenvalue weighted by Gasteiger charge is -2.07. The molecule has 0 aliphatic rings. The Balaban J connectivity index is 2.12. The maximum absolute atomic E-state index is 13.6. The van der Waals surface area contributed by atoms with E-state index in [0.717, 1.165) is 6.20 Å². The predicted octanol–water partition coefficient (Wildman–Crippen LogP) is 2.53. The molecule has 0 aliphatic carbocycles. The van der Waals surface area contributed by atoms with Crippen molar-refractivity contribution in [3.8, 4) is 0 Å². The van der Waals surface area contributed by atoms with Crippen LogP contribution in [0.2, 0.25) is 5.02 Å². The third kappa shape index (κ3) is 3.34. The van der Waals surface area contributed by atoms with Gasteiger partial charge in [-0.3, -0.25) is 9.36 Å². The Morgan fingerprint density at radius 1 is 1.57 bits per heavy atom. The highest BCUT2D eigenvalue weighted by Gasteiger charge is 2.17. The first-order valence-corrected chi connectivity index (χ1v) is 6.18. The van der Waals surface area contributed by atoms with E-state index in [-0.39, 0.29) is 23.1 Å². The zero-order valence-electron chi connectivity index (χ0n) is 10.8. The molecule has 0 saturated heterocycles. The average molecular weight is 313 g/mol. The topological polar surface area (TPSA) is 90.1 Å². The van der Waals surface area contributed by atoms with Crippen molar-refractivity contribution in [2.75, 3.05) is 5.32 Å². The number of halogens is 2. The number of aryl methyl sites for hydroxylation is 1. The highest BCUT2D eigenvalue weighted by Crippen LogP contribution is 2.22. The zero-order chi connectivity index (χ0) is 15.6. The van der Waals surface area contributed by atoms with Crippen LogP contribution >= 0.6 is 11.6 Å². The molecule has 0 spiro atoms. The van der Waals surface area contributed by atoms with Crippen molar-refractivity contribution < 1.29 is 14.1 Å². The van der Waals surface area contributed by atoms with Gasteiger partial charge in [0, 0.05) is 6.92 Å². The van der Waals surface area contributed by atoms with Crippen LogP contribution in [0.4, 0.5) is 15.9 Å². The van der Waals surface area contributed by atoms with Gasteiger partial charge in [0.25, 0.3) is 0 Å². The van der Waals surface area contributed by atoms with E-state index >= 15 is 0 Å². The minimum atomic E-state index is -0.735. The molecule has 0 unspecified atom stereocenters. The summed E-state index contributed by atoms with van der Waals surface area (Å²) in [5, 5.41) is 12.8. The second kappa shape index (κ2) is 5.88. The molecule has 1 N–H and O–H groups in total. The zero-order valence-corrected chi connectivity index (χ0v) is 11.6. The quantitative estimate of drug-likeness (QED) is 0.694. The summed E-state index contributed by atoms with van der Waals surface area (Å²) in [5.41, 5.74) is -0.0558.